The average Bonchev–Trinajstić information content (AvgIpc) is 3.14. The molecule has 1 nitrogen and oxygen atoms in total. The van der Waals surface area contributed by atoms with Crippen LogP contribution in [-0.4, -0.2) is 0 Å². The first-order valence-corrected chi connectivity index (χ1v) is 16.6. The first-order chi connectivity index (χ1) is 23.7. The lowest BCUT2D eigenvalue weighted by Gasteiger charge is -2.24. The lowest BCUT2D eigenvalue weighted by molar-refractivity contribution is 0.487. The van der Waals surface area contributed by atoms with E-state index in [0.717, 1.165) is 17.1 Å². The number of hydrogen-bond donors (Lipinski definition) is 0. The Hall–Kier alpha value is -6.18. The molecule has 0 aromatic heterocycles. The highest BCUT2D eigenvalue weighted by atomic mass is 16.5. The van der Waals surface area contributed by atoms with Gasteiger partial charge in [0.05, 0.1) is 0 Å². The normalized spacial score (nSPS) is 12.0. The molecule has 0 saturated heterocycles. The molecule has 9 aromatic carbocycles. The second-order valence-corrected chi connectivity index (χ2v) is 12.9. The number of ether oxygens (including phenoxy) is 1. The fourth-order valence-electron chi connectivity index (χ4n) is 8.01. The maximum absolute atomic E-state index is 6.48. The van der Waals surface area contributed by atoms with Crippen molar-refractivity contribution in [2.45, 2.75) is 6.92 Å². The summed E-state index contributed by atoms with van der Waals surface area (Å²) in [6.07, 6.45) is 0. The highest BCUT2D eigenvalue weighted by Crippen LogP contribution is 2.52. The molecule has 0 atom stereocenters. The Bertz CT molecular complexity index is 2690. The molecule has 1 heteroatoms. The zero-order chi connectivity index (χ0) is 31.8. The molecule has 224 valence electrons. The summed E-state index contributed by atoms with van der Waals surface area (Å²) in [7, 11) is 0. The number of para-hydroxylation sites is 1. The maximum atomic E-state index is 6.48. The molecule has 0 aliphatic carbocycles. The van der Waals surface area contributed by atoms with Crippen LogP contribution in [0.1, 0.15) is 5.56 Å². The van der Waals surface area contributed by atoms with Gasteiger partial charge in [-0.05, 0) is 102 Å². The molecule has 9 aromatic rings. The lowest BCUT2D eigenvalue weighted by atomic mass is 9.82. The van der Waals surface area contributed by atoms with Gasteiger partial charge < -0.3 is 4.74 Å². The zero-order valence-corrected chi connectivity index (χ0v) is 26.5. The highest BCUT2D eigenvalue weighted by Gasteiger charge is 2.24. The van der Waals surface area contributed by atoms with E-state index in [2.05, 4.69) is 165 Å². The molecule has 10 rings (SSSR count). The second-order valence-electron chi connectivity index (χ2n) is 12.9. The van der Waals surface area contributed by atoms with Crippen molar-refractivity contribution in [2.24, 2.45) is 0 Å². The minimum absolute atomic E-state index is 0.908. The van der Waals surface area contributed by atoms with Crippen LogP contribution in [0.15, 0.2) is 164 Å². The van der Waals surface area contributed by atoms with Crippen molar-refractivity contribution in [1.82, 2.24) is 0 Å². The van der Waals surface area contributed by atoms with Crippen molar-refractivity contribution in [3.63, 3.8) is 0 Å². The van der Waals surface area contributed by atoms with E-state index in [9.17, 15) is 0 Å². The van der Waals surface area contributed by atoms with Gasteiger partial charge in [0.15, 0.2) is 0 Å². The van der Waals surface area contributed by atoms with Crippen LogP contribution in [0.25, 0.3) is 87.6 Å². The minimum atomic E-state index is 0.908. The van der Waals surface area contributed by atoms with Gasteiger partial charge in [-0.2, -0.15) is 0 Å². The van der Waals surface area contributed by atoms with Gasteiger partial charge in [-0.3, -0.25) is 0 Å². The zero-order valence-electron chi connectivity index (χ0n) is 26.5. The van der Waals surface area contributed by atoms with E-state index >= 15 is 0 Å². The van der Waals surface area contributed by atoms with E-state index in [-0.39, 0.29) is 0 Å². The minimum Gasteiger partial charge on any atom is -0.456 e. The molecule has 0 N–H and O–H groups in total. The molecule has 0 saturated carbocycles. The summed E-state index contributed by atoms with van der Waals surface area (Å²) in [5, 5.41) is 9.89. The Morgan fingerprint density at radius 1 is 0.312 bits per heavy atom. The van der Waals surface area contributed by atoms with E-state index in [1.807, 2.05) is 6.07 Å². The third-order valence-electron chi connectivity index (χ3n) is 10.2. The molecule has 1 aliphatic heterocycles. The van der Waals surface area contributed by atoms with Crippen molar-refractivity contribution in [2.75, 3.05) is 0 Å². The Kier molecular flexibility index (Phi) is 5.86. The molecule has 0 radical (unpaired) electrons. The van der Waals surface area contributed by atoms with E-state index < -0.39 is 0 Å². The highest BCUT2D eigenvalue weighted by molar-refractivity contribution is 6.26. The van der Waals surface area contributed by atoms with Crippen LogP contribution >= 0.6 is 0 Å². The van der Waals surface area contributed by atoms with Crippen molar-refractivity contribution < 1.29 is 4.74 Å². The molecule has 0 amide bonds. The van der Waals surface area contributed by atoms with Crippen molar-refractivity contribution in [3.05, 3.63) is 169 Å². The van der Waals surface area contributed by atoms with Crippen LogP contribution in [-0.2, 0) is 0 Å². The fourth-order valence-corrected chi connectivity index (χ4v) is 8.01. The van der Waals surface area contributed by atoms with Crippen LogP contribution < -0.4 is 4.74 Å². The van der Waals surface area contributed by atoms with Gasteiger partial charge in [-0.1, -0.05) is 151 Å². The number of fused-ring (bicyclic) bond motifs is 5. The molecule has 0 bridgehead atoms. The van der Waals surface area contributed by atoms with Crippen LogP contribution in [0.4, 0.5) is 0 Å². The molecular weight excluding hydrogens is 581 g/mol. The van der Waals surface area contributed by atoms with Gasteiger partial charge in [-0.25, -0.2) is 0 Å². The fraction of sp³-hybridized carbons (Fsp3) is 0.0213. The summed E-state index contributed by atoms with van der Waals surface area (Å²) in [6.45, 7) is 2.14. The third-order valence-corrected chi connectivity index (χ3v) is 10.2. The summed E-state index contributed by atoms with van der Waals surface area (Å²) in [5.74, 6) is 1.82. The van der Waals surface area contributed by atoms with Gasteiger partial charge in [0, 0.05) is 10.9 Å². The van der Waals surface area contributed by atoms with Crippen molar-refractivity contribution in [3.8, 4) is 56.0 Å². The molecule has 48 heavy (non-hydrogen) atoms. The SMILES string of the molecule is Cc1ccc(-c2ccc(-c3c4ccccc4c(-c4ccc5c6c(cccc46)-c4ccccc4O5)c4ccccc34)c3ccccc23)cc1. The Balaban J connectivity index is 1.29. The monoisotopic (exact) mass is 610 g/mol. The van der Waals surface area contributed by atoms with E-state index in [0.29, 0.717) is 0 Å². The summed E-state index contributed by atoms with van der Waals surface area (Å²) < 4.78 is 6.48. The Labute approximate surface area is 279 Å². The van der Waals surface area contributed by atoms with Crippen LogP contribution in [0.2, 0.25) is 0 Å². The summed E-state index contributed by atoms with van der Waals surface area (Å²) in [5.41, 5.74) is 11.1. The molecular formula is C47H30O. The van der Waals surface area contributed by atoms with E-state index in [1.165, 1.54) is 87.6 Å². The average molecular weight is 611 g/mol. The standard InChI is InChI=1S/C47H30O/c1-29-21-23-30(24-22-29)31-25-26-41(33-12-3-2-11-32(31)33)45-36-14-4-6-16-38(36)46(39-17-7-5-15-37(39)45)42-27-28-44-47-35(18-10-19-40(42)47)34-13-8-9-20-43(34)48-44/h2-28H,1H3. The predicted octanol–water partition coefficient (Wildman–Crippen LogP) is 13.4. The Morgan fingerprint density at radius 2 is 0.792 bits per heavy atom. The Morgan fingerprint density at radius 3 is 1.46 bits per heavy atom. The van der Waals surface area contributed by atoms with Gasteiger partial charge in [-0.15, -0.1) is 0 Å². The molecule has 1 aliphatic rings. The van der Waals surface area contributed by atoms with Crippen LogP contribution in [0, 0.1) is 6.92 Å². The third kappa shape index (κ3) is 3.91. The van der Waals surface area contributed by atoms with E-state index in [1.54, 1.807) is 0 Å². The van der Waals surface area contributed by atoms with Gasteiger partial charge in [0.2, 0.25) is 0 Å². The van der Waals surface area contributed by atoms with Gasteiger partial charge in [0.25, 0.3) is 0 Å². The van der Waals surface area contributed by atoms with Crippen LogP contribution in [0.5, 0.6) is 11.5 Å². The summed E-state index contributed by atoms with van der Waals surface area (Å²) >= 11 is 0. The topological polar surface area (TPSA) is 9.23 Å². The predicted molar refractivity (Wildman–Crippen MR) is 203 cm³/mol. The van der Waals surface area contributed by atoms with Crippen molar-refractivity contribution >= 4 is 43.1 Å². The summed E-state index contributed by atoms with van der Waals surface area (Å²) in [4.78, 5) is 0. The number of benzene rings is 9. The molecule has 0 spiro atoms. The number of rotatable bonds is 3. The molecule has 0 fully saturated rings. The van der Waals surface area contributed by atoms with Gasteiger partial charge >= 0.3 is 0 Å². The number of aryl methyl sites for hydroxylation is 1. The first kappa shape index (κ1) is 27.0. The van der Waals surface area contributed by atoms with Crippen molar-refractivity contribution in [1.29, 1.82) is 0 Å². The lowest BCUT2D eigenvalue weighted by Crippen LogP contribution is -1.98. The first-order valence-electron chi connectivity index (χ1n) is 16.6. The van der Waals surface area contributed by atoms with Gasteiger partial charge in [0.1, 0.15) is 11.5 Å². The second kappa shape index (κ2) is 10.4. The quantitative estimate of drug-likeness (QED) is 0.181. The summed E-state index contributed by atoms with van der Waals surface area (Å²) in [6, 6.07) is 59.7. The largest absolute Gasteiger partial charge is 0.456 e. The smallest absolute Gasteiger partial charge is 0.135 e. The van der Waals surface area contributed by atoms with Crippen LogP contribution in [0.3, 0.4) is 0 Å². The molecule has 0 unspecified atom stereocenters. The maximum Gasteiger partial charge on any atom is 0.135 e. The number of hydrogen-bond acceptors (Lipinski definition) is 1. The molecule has 1 heterocycles. The van der Waals surface area contributed by atoms with E-state index in [4.69, 9.17) is 4.74 Å².